The van der Waals surface area contributed by atoms with Crippen molar-refractivity contribution in [2.24, 2.45) is 0 Å². The van der Waals surface area contributed by atoms with Crippen molar-refractivity contribution >= 4 is 23.4 Å². The van der Waals surface area contributed by atoms with Crippen molar-refractivity contribution in [3.05, 3.63) is 29.8 Å². The van der Waals surface area contributed by atoms with E-state index in [2.05, 4.69) is 11.6 Å². The highest BCUT2D eigenvalue weighted by atomic mass is 32.2. The van der Waals surface area contributed by atoms with Crippen LogP contribution in [-0.4, -0.2) is 43.5 Å². The third kappa shape index (κ3) is 4.30. The Hall–Kier alpha value is -1.16. The molecule has 0 aromatic heterocycles. The van der Waals surface area contributed by atoms with Crippen LogP contribution in [0.3, 0.4) is 0 Å². The molecule has 0 fully saturated rings. The number of carbonyl (C=O) groups is 1. The summed E-state index contributed by atoms with van der Waals surface area (Å²) in [7, 11) is 3.54. The molecular weight excluding hydrogens is 232 g/mol. The number of amides is 1. The van der Waals surface area contributed by atoms with E-state index >= 15 is 0 Å². The number of hydrogen-bond acceptors (Lipinski definition) is 3. The van der Waals surface area contributed by atoms with Gasteiger partial charge in [-0.25, -0.2) is 0 Å². The fourth-order valence-corrected chi connectivity index (χ4v) is 1.94. The van der Waals surface area contributed by atoms with E-state index in [1.807, 2.05) is 36.0 Å². The summed E-state index contributed by atoms with van der Waals surface area (Å²) in [5.74, 6) is 1.18. The zero-order valence-electron chi connectivity index (χ0n) is 10.7. The van der Waals surface area contributed by atoms with E-state index in [-0.39, 0.29) is 5.91 Å². The molecular formula is C13H20N2OS. The Bertz CT molecular complexity index is 366. The van der Waals surface area contributed by atoms with Crippen LogP contribution in [0.5, 0.6) is 0 Å². The number of hydrogen-bond donors (Lipinski definition) is 1. The first-order chi connectivity index (χ1) is 8.16. The summed E-state index contributed by atoms with van der Waals surface area (Å²) in [5.41, 5.74) is 1.66. The predicted molar refractivity (Wildman–Crippen MR) is 75.9 cm³/mol. The second-order valence-corrected chi connectivity index (χ2v) is 5.00. The molecule has 94 valence electrons. The molecule has 3 nitrogen and oxygen atoms in total. The highest BCUT2D eigenvalue weighted by molar-refractivity contribution is 7.98. The Balaban J connectivity index is 2.68. The molecule has 0 unspecified atom stereocenters. The smallest absolute Gasteiger partial charge is 0.255 e. The highest BCUT2D eigenvalue weighted by Gasteiger charge is 2.11. The molecule has 0 spiro atoms. The number of carbonyl (C=O) groups excluding carboxylic acids is 1. The SMILES string of the molecule is CSCCCNc1ccccc1C(=O)N(C)C. The number of rotatable bonds is 6. The van der Waals surface area contributed by atoms with Crippen LogP contribution in [0.25, 0.3) is 0 Å². The number of nitrogens with zero attached hydrogens (tertiary/aromatic N) is 1. The van der Waals surface area contributed by atoms with Crippen LogP contribution in [0.15, 0.2) is 24.3 Å². The minimum atomic E-state index is 0.0398. The summed E-state index contributed by atoms with van der Waals surface area (Å²) >= 11 is 1.84. The van der Waals surface area contributed by atoms with E-state index < -0.39 is 0 Å². The summed E-state index contributed by atoms with van der Waals surface area (Å²) in [5, 5.41) is 3.32. The molecule has 0 saturated carbocycles. The van der Waals surface area contributed by atoms with Crippen molar-refractivity contribution in [1.29, 1.82) is 0 Å². The van der Waals surface area contributed by atoms with E-state index in [0.29, 0.717) is 0 Å². The Morgan fingerprint density at radius 2 is 2.06 bits per heavy atom. The molecule has 0 heterocycles. The lowest BCUT2D eigenvalue weighted by Crippen LogP contribution is -2.23. The monoisotopic (exact) mass is 252 g/mol. The maximum atomic E-state index is 11.9. The molecule has 0 aliphatic carbocycles. The van der Waals surface area contributed by atoms with Crippen LogP contribution >= 0.6 is 11.8 Å². The fraction of sp³-hybridized carbons (Fsp3) is 0.462. The van der Waals surface area contributed by atoms with Crippen LogP contribution < -0.4 is 5.32 Å². The van der Waals surface area contributed by atoms with E-state index in [4.69, 9.17) is 0 Å². The van der Waals surface area contributed by atoms with Gasteiger partial charge in [0, 0.05) is 26.3 Å². The van der Waals surface area contributed by atoms with E-state index in [1.165, 1.54) is 0 Å². The lowest BCUT2D eigenvalue weighted by atomic mass is 10.1. The third-order valence-electron chi connectivity index (χ3n) is 2.40. The van der Waals surface area contributed by atoms with Gasteiger partial charge in [0.15, 0.2) is 0 Å². The quantitative estimate of drug-likeness (QED) is 0.790. The molecule has 0 radical (unpaired) electrons. The Morgan fingerprint density at radius 3 is 2.71 bits per heavy atom. The zero-order valence-corrected chi connectivity index (χ0v) is 11.5. The summed E-state index contributed by atoms with van der Waals surface area (Å²) < 4.78 is 0. The van der Waals surface area contributed by atoms with Gasteiger partial charge in [0.05, 0.1) is 5.56 Å². The van der Waals surface area contributed by atoms with Gasteiger partial charge in [-0.2, -0.15) is 11.8 Å². The first-order valence-electron chi connectivity index (χ1n) is 5.70. The maximum absolute atomic E-state index is 11.9. The lowest BCUT2D eigenvalue weighted by molar-refractivity contribution is 0.0828. The molecule has 0 aliphatic heterocycles. The van der Waals surface area contributed by atoms with Crippen molar-refractivity contribution in [1.82, 2.24) is 4.90 Å². The van der Waals surface area contributed by atoms with Crippen molar-refractivity contribution in [3.8, 4) is 0 Å². The lowest BCUT2D eigenvalue weighted by Gasteiger charge is -2.15. The molecule has 1 aromatic rings. The number of thioether (sulfide) groups is 1. The van der Waals surface area contributed by atoms with Gasteiger partial charge in [0.25, 0.3) is 5.91 Å². The van der Waals surface area contributed by atoms with Gasteiger partial charge in [-0.1, -0.05) is 12.1 Å². The van der Waals surface area contributed by atoms with Gasteiger partial charge < -0.3 is 10.2 Å². The average molecular weight is 252 g/mol. The third-order valence-corrected chi connectivity index (χ3v) is 3.10. The first kappa shape index (κ1) is 13.9. The number of anilines is 1. The Morgan fingerprint density at radius 1 is 1.35 bits per heavy atom. The molecule has 0 atom stereocenters. The van der Waals surface area contributed by atoms with Crippen LogP contribution in [-0.2, 0) is 0 Å². The van der Waals surface area contributed by atoms with Crippen molar-refractivity contribution < 1.29 is 4.79 Å². The van der Waals surface area contributed by atoms with Gasteiger partial charge in [-0.15, -0.1) is 0 Å². The minimum absolute atomic E-state index is 0.0398. The molecule has 0 aliphatic rings. The van der Waals surface area contributed by atoms with Gasteiger partial charge in [-0.3, -0.25) is 4.79 Å². The molecule has 17 heavy (non-hydrogen) atoms. The van der Waals surface area contributed by atoms with E-state index in [9.17, 15) is 4.79 Å². The van der Waals surface area contributed by atoms with Gasteiger partial charge >= 0.3 is 0 Å². The molecule has 0 saturated heterocycles. The van der Waals surface area contributed by atoms with Crippen LogP contribution in [0.1, 0.15) is 16.8 Å². The zero-order chi connectivity index (χ0) is 12.7. The molecule has 1 N–H and O–H groups in total. The summed E-state index contributed by atoms with van der Waals surface area (Å²) in [6.07, 6.45) is 3.20. The second-order valence-electron chi connectivity index (χ2n) is 4.02. The average Bonchev–Trinajstić information content (AvgIpc) is 2.34. The van der Waals surface area contributed by atoms with Crippen LogP contribution in [0, 0.1) is 0 Å². The Labute approximate surface area is 108 Å². The molecule has 1 aromatic carbocycles. The minimum Gasteiger partial charge on any atom is -0.384 e. The van der Waals surface area contributed by atoms with Crippen molar-refractivity contribution in [2.45, 2.75) is 6.42 Å². The van der Waals surface area contributed by atoms with Crippen LogP contribution in [0.2, 0.25) is 0 Å². The second kappa shape index (κ2) is 7.22. The molecule has 1 rings (SSSR count). The predicted octanol–water partition coefficient (Wildman–Crippen LogP) is 2.55. The van der Waals surface area contributed by atoms with Gasteiger partial charge in [-0.05, 0) is 30.6 Å². The summed E-state index contributed by atoms with van der Waals surface area (Å²) in [6.45, 7) is 0.901. The molecule has 4 heteroatoms. The fourth-order valence-electron chi connectivity index (χ4n) is 1.50. The number of benzene rings is 1. The maximum Gasteiger partial charge on any atom is 0.255 e. The Kier molecular flexibility index (Phi) is 5.91. The molecule has 1 amide bonds. The van der Waals surface area contributed by atoms with E-state index in [1.54, 1.807) is 19.0 Å². The van der Waals surface area contributed by atoms with Gasteiger partial charge in [0.1, 0.15) is 0 Å². The largest absolute Gasteiger partial charge is 0.384 e. The van der Waals surface area contributed by atoms with Crippen LogP contribution in [0.4, 0.5) is 5.69 Å². The molecule has 0 bridgehead atoms. The number of para-hydroxylation sites is 1. The highest BCUT2D eigenvalue weighted by Crippen LogP contribution is 2.16. The first-order valence-corrected chi connectivity index (χ1v) is 7.09. The number of nitrogens with one attached hydrogen (secondary N) is 1. The summed E-state index contributed by atoms with van der Waals surface area (Å²) in [4.78, 5) is 13.5. The van der Waals surface area contributed by atoms with Gasteiger partial charge in [0.2, 0.25) is 0 Å². The normalized spacial score (nSPS) is 10.1. The van der Waals surface area contributed by atoms with Crippen molar-refractivity contribution in [3.63, 3.8) is 0 Å². The standard InChI is InChI=1S/C13H20N2OS/c1-15(2)13(16)11-7-4-5-8-12(11)14-9-6-10-17-3/h4-5,7-8,14H,6,9-10H2,1-3H3. The summed E-state index contributed by atoms with van der Waals surface area (Å²) in [6, 6.07) is 7.65. The topological polar surface area (TPSA) is 32.3 Å². The van der Waals surface area contributed by atoms with Crippen molar-refractivity contribution in [2.75, 3.05) is 38.0 Å². The van der Waals surface area contributed by atoms with E-state index in [0.717, 1.165) is 30.0 Å².